The lowest BCUT2D eigenvalue weighted by molar-refractivity contribution is -0.137. The molecule has 1 unspecified atom stereocenters. The quantitative estimate of drug-likeness (QED) is 0.873. The van der Waals surface area contributed by atoms with Gasteiger partial charge in [-0.05, 0) is 19.3 Å². The topological polar surface area (TPSA) is 38.9 Å². The molecule has 0 radical (unpaired) electrons. The second kappa shape index (κ2) is 5.63. The van der Waals surface area contributed by atoms with Crippen molar-refractivity contribution in [1.29, 1.82) is 0 Å². The van der Waals surface area contributed by atoms with Crippen LogP contribution in [-0.4, -0.2) is 11.0 Å². The first-order chi connectivity index (χ1) is 7.43. The molecule has 0 saturated heterocycles. The van der Waals surface area contributed by atoms with Crippen LogP contribution in [0.15, 0.2) is 6.20 Å². The smallest absolute Gasteiger partial charge is 0.328 e. The van der Waals surface area contributed by atoms with Crippen molar-refractivity contribution < 1.29 is 13.2 Å². The van der Waals surface area contributed by atoms with Gasteiger partial charge in [-0.25, -0.2) is 4.98 Å². The average molecular weight is 252 g/mol. The number of halogens is 3. The van der Waals surface area contributed by atoms with E-state index in [2.05, 4.69) is 4.98 Å². The summed E-state index contributed by atoms with van der Waals surface area (Å²) in [6.07, 6.45) is 0.172. The first-order valence-corrected chi connectivity index (χ1v) is 6.02. The van der Waals surface area contributed by atoms with Crippen LogP contribution >= 0.6 is 11.3 Å². The molecule has 1 rings (SSSR count). The molecule has 2 nitrogen and oxygen atoms in total. The van der Waals surface area contributed by atoms with Gasteiger partial charge in [-0.15, -0.1) is 11.3 Å². The number of nitrogens with zero attached hydrogens (tertiary/aromatic N) is 1. The van der Waals surface area contributed by atoms with Gasteiger partial charge in [-0.1, -0.05) is 13.3 Å². The van der Waals surface area contributed by atoms with Gasteiger partial charge in [-0.3, -0.25) is 0 Å². The number of aromatic nitrogens is 1. The highest BCUT2D eigenvalue weighted by atomic mass is 32.1. The number of nitrogens with two attached hydrogens (primary N) is 1. The third kappa shape index (κ3) is 4.09. The van der Waals surface area contributed by atoms with E-state index in [9.17, 15) is 13.2 Å². The number of rotatable bonds is 5. The maximum absolute atomic E-state index is 12.2. The van der Waals surface area contributed by atoms with E-state index < -0.39 is 11.2 Å². The third-order valence-electron chi connectivity index (χ3n) is 2.22. The van der Waals surface area contributed by atoms with Crippen LogP contribution in [0.2, 0.25) is 0 Å². The Kier molecular flexibility index (Phi) is 4.73. The van der Waals surface area contributed by atoms with Crippen molar-refractivity contribution in [2.45, 2.75) is 44.8 Å². The highest BCUT2D eigenvalue weighted by Crippen LogP contribution is 2.32. The molecule has 92 valence electrons. The Morgan fingerprint density at radius 2 is 2.12 bits per heavy atom. The largest absolute Gasteiger partial charge is 0.443 e. The molecule has 16 heavy (non-hydrogen) atoms. The van der Waals surface area contributed by atoms with Crippen LogP contribution in [0.4, 0.5) is 13.2 Å². The SMILES string of the molecule is CCCC(N)CCc1cnc(C(F)(F)F)s1. The molecule has 2 N–H and O–H groups in total. The lowest BCUT2D eigenvalue weighted by Crippen LogP contribution is -2.19. The zero-order valence-electron chi connectivity index (χ0n) is 9.05. The van der Waals surface area contributed by atoms with Crippen molar-refractivity contribution in [3.8, 4) is 0 Å². The minimum absolute atomic E-state index is 0.0708. The van der Waals surface area contributed by atoms with Crippen molar-refractivity contribution in [2.75, 3.05) is 0 Å². The van der Waals surface area contributed by atoms with E-state index in [4.69, 9.17) is 5.73 Å². The first kappa shape index (κ1) is 13.4. The predicted octanol–water partition coefficient (Wildman–Crippen LogP) is 3.22. The Morgan fingerprint density at radius 3 is 2.62 bits per heavy atom. The molecule has 0 aliphatic carbocycles. The van der Waals surface area contributed by atoms with Crippen molar-refractivity contribution in [3.05, 3.63) is 16.1 Å². The monoisotopic (exact) mass is 252 g/mol. The zero-order valence-corrected chi connectivity index (χ0v) is 9.87. The van der Waals surface area contributed by atoms with Gasteiger partial charge in [0.1, 0.15) is 0 Å². The standard InChI is InChI=1S/C10H15F3N2S/c1-2-3-7(14)4-5-8-6-15-9(16-8)10(11,12)13/h6-7H,2-5,14H2,1H3. The fourth-order valence-electron chi connectivity index (χ4n) is 1.40. The molecule has 0 aliphatic rings. The number of alkyl halides is 3. The molecular weight excluding hydrogens is 237 g/mol. The summed E-state index contributed by atoms with van der Waals surface area (Å²) < 4.78 is 36.7. The summed E-state index contributed by atoms with van der Waals surface area (Å²) in [5.41, 5.74) is 5.79. The highest BCUT2D eigenvalue weighted by molar-refractivity contribution is 7.11. The van der Waals surface area contributed by atoms with Gasteiger partial charge in [-0.2, -0.15) is 13.2 Å². The predicted molar refractivity (Wildman–Crippen MR) is 58.3 cm³/mol. The number of hydrogen-bond acceptors (Lipinski definition) is 3. The number of aryl methyl sites for hydroxylation is 1. The zero-order chi connectivity index (χ0) is 12.2. The molecule has 0 saturated carbocycles. The van der Waals surface area contributed by atoms with Crippen LogP contribution in [0.5, 0.6) is 0 Å². The molecule has 6 heteroatoms. The van der Waals surface area contributed by atoms with Crippen molar-refractivity contribution in [2.24, 2.45) is 5.73 Å². The molecule has 1 atom stereocenters. The average Bonchev–Trinajstić information content (AvgIpc) is 2.63. The minimum Gasteiger partial charge on any atom is -0.328 e. The van der Waals surface area contributed by atoms with Crippen LogP contribution in [0.3, 0.4) is 0 Å². The van der Waals surface area contributed by atoms with E-state index in [0.717, 1.165) is 12.8 Å². The lowest BCUT2D eigenvalue weighted by Gasteiger charge is -2.08. The Bertz CT molecular complexity index is 322. The van der Waals surface area contributed by atoms with Crippen LogP contribution < -0.4 is 5.73 Å². The Labute approximate surface area is 96.7 Å². The Balaban J connectivity index is 2.47. The van der Waals surface area contributed by atoms with Gasteiger partial charge in [0.05, 0.1) is 0 Å². The molecule has 0 bridgehead atoms. The van der Waals surface area contributed by atoms with Crippen LogP contribution in [0.1, 0.15) is 36.1 Å². The van der Waals surface area contributed by atoms with Crippen molar-refractivity contribution >= 4 is 11.3 Å². The molecule has 0 spiro atoms. The Hall–Kier alpha value is -0.620. The lowest BCUT2D eigenvalue weighted by atomic mass is 10.1. The fraction of sp³-hybridized carbons (Fsp3) is 0.700. The second-order valence-corrected chi connectivity index (χ2v) is 4.83. The Morgan fingerprint density at radius 1 is 1.44 bits per heavy atom. The summed E-state index contributed by atoms with van der Waals surface area (Å²) in [5, 5.41) is -0.772. The summed E-state index contributed by atoms with van der Waals surface area (Å²) in [4.78, 5) is 4.02. The van der Waals surface area contributed by atoms with E-state index in [1.165, 1.54) is 6.20 Å². The van der Waals surface area contributed by atoms with Gasteiger partial charge < -0.3 is 5.73 Å². The van der Waals surface area contributed by atoms with E-state index in [1.54, 1.807) is 0 Å². The van der Waals surface area contributed by atoms with Gasteiger partial charge in [0.2, 0.25) is 0 Å². The number of hydrogen-bond donors (Lipinski definition) is 1. The third-order valence-corrected chi connectivity index (χ3v) is 3.32. The molecule has 1 aromatic heterocycles. The highest BCUT2D eigenvalue weighted by Gasteiger charge is 2.34. The van der Waals surface area contributed by atoms with Crippen LogP contribution in [0.25, 0.3) is 0 Å². The molecule has 0 fully saturated rings. The molecule has 0 amide bonds. The minimum atomic E-state index is -4.32. The van der Waals surface area contributed by atoms with E-state index >= 15 is 0 Å². The normalized spacial score (nSPS) is 14.1. The molecular formula is C10H15F3N2S. The maximum atomic E-state index is 12.2. The fourth-order valence-corrected chi connectivity index (χ4v) is 2.19. The van der Waals surface area contributed by atoms with Gasteiger partial charge in [0, 0.05) is 17.1 Å². The van der Waals surface area contributed by atoms with Gasteiger partial charge in [0.25, 0.3) is 0 Å². The van der Waals surface area contributed by atoms with Gasteiger partial charge in [0.15, 0.2) is 5.01 Å². The summed E-state index contributed by atoms with van der Waals surface area (Å²) >= 11 is 0.708. The van der Waals surface area contributed by atoms with Crippen LogP contribution in [0, 0.1) is 0 Å². The van der Waals surface area contributed by atoms with Crippen molar-refractivity contribution in [3.63, 3.8) is 0 Å². The van der Waals surface area contributed by atoms with Gasteiger partial charge >= 0.3 is 6.18 Å². The summed E-state index contributed by atoms with van der Waals surface area (Å²) in [5.74, 6) is 0. The first-order valence-electron chi connectivity index (χ1n) is 5.21. The second-order valence-electron chi connectivity index (χ2n) is 3.72. The molecule has 0 aliphatic heterocycles. The van der Waals surface area contributed by atoms with E-state index in [0.29, 0.717) is 29.1 Å². The summed E-state index contributed by atoms with van der Waals surface area (Å²) in [7, 11) is 0. The van der Waals surface area contributed by atoms with Crippen LogP contribution in [-0.2, 0) is 12.6 Å². The number of thiazole rings is 1. The molecule has 1 heterocycles. The molecule has 0 aromatic carbocycles. The van der Waals surface area contributed by atoms with E-state index in [-0.39, 0.29) is 6.04 Å². The maximum Gasteiger partial charge on any atom is 0.443 e. The molecule has 1 aromatic rings. The van der Waals surface area contributed by atoms with E-state index in [1.807, 2.05) is 6.92 Å². The summed E-state index contributed by atoms with van der Waals surface area (Å²) in [6.45, 7) is 2.04. The summed E-state index contributed by atoms with van der Waals surface area (Å²) in [6, 6.07) is 0.0708. The van der Waals surface area contributed by atoms with Crippen molar-refractivity contribution in [1.82, 2.24) is 4.98 Å².